The van der Waals surface area contributed by atoms with Crippen molar-refractivity contribution < 1.29 is 5.11 Å². The van der Waals surface area contributed by atoms with E-state index in [1.54, 1.807) is 0 Å². The molecule has 2 aromatic carbocycles. The summed E-state index contributed by atoms with van der Waals surface area (Å²) in [5.41, 5.74) is 2.18. The van der Waals surface area contributed by atoms with E-state index in [2.05, 4.69) is 36.2 Å². The predicted octanol–water partition coefficient (Wildman–Crippen LogP) is 2.82. The summed E-state index contributed by atoms with van der Waals surface area (Å²) in [5.74, 6) is 0.142. The van der Waals surface area contributed by atoms with Crippen LogP contribution in [-0.2, 0) is 5.54 Å². The van der Waals surface area contributed by atoms with Crippen LogP contribution in [0.4, 0.5) is 0 Å². The number of hydrogen-bond donors (Lipinski definition) is 2. The molecule has 3 atom stereocenters. The monoisotopic (exact) mass is 265 g/mol. The molecule has 0 aliphatic carbocycles. The highest BCUT2D eigenvalue weighted by molar-refractivity contribution is 5.44. The third-order valence-electron chi connectivity index (χ3n) is 4.20. The first-order chi connectivity index (χ1) is 9.82. The molecule has 1 unspecified atom stereocenters. The highest BCUT2D eigenvalue weighted by Crippen LogP contribution is 2.49. The molecular weight excluding hydrogens is 246 g/mol. The number of aliphatic hydroxyl groups excluding tert-OH is 1. The molecule has 0 amide bonds. The third kappa shape index (κ3) is 1.98. The molecule has 2 N–H and O–H groups in total. The average Bonchev–Trinajstić information content (AvgIpc) is 3.26. The molecule has 1 aliphatic rings. The highest BCUT2D eigenvalue weighted by Gasteiger charge is 2.58. The van der Waals surface area contributed by atoms with E-state index < -0.39 is 0 Å². The standard InChI is InChI=1S/C18H19NO/c1-2-16(14-9-5-3-6-10-14)18(17(13-20)19-18)15-11-7-4-8-12-15/h2-12,16-17,19-20H,1,13H2/t16?,17-,18+/m1/s1. The molecule has 0 radical (unpaired) electrons. The molecule has 2 nitrogen and oxygen atoms in total. The van der Waals surface area contributed by atoms with Crippen molar-refractivity contribution >= 4 is 0 Å². The van der Waals surface area contributed by atoms with Gasteiger partial charge in [0, 0.05) is 5.92 Å². The van der Waals surface area contributed by atoms with Gasteiger partial charge >= 0.3 is 0 Å². The van der Waals surface area contributed by atoms with Gasteiger partial charge in [0.15, 0.2) is 0 Å². The minimum atomic E-state index is -0.237. The van der Waals surface area contributed by atoms with Crippen LogP contribution < -0.4 is 5.32 Å². The van der Waals surface area contributed by atoms with E-state index in [0.717, 1.165) is 0 Å². The van der Waals surface area contributed by atoms with Crippen LogP contribution in [0.3, 0.4) is 0 Å². The number of nitrogens with one attached hydrogen (secondary N) is 1. The SMILES string of the molecule is C=CC(c1ccccc1)[C@]1(c2ccccc2)N[C@@H]1CO. The minimum Gasteiger partial charge on any atom is -0.395 e. The van der Waals surface area contributed by atoms with E-state index in [1.807, 2.05) is 42.5 Å². The molecule has 0 bridgehead atoms. The Morgan fingerprint density at radius 3 is 2.20 bits per heavy atom. The number of rotatable bonds is 5. The van der Waals surface area contributed by atoms with Crippen molar-refractivity contribution in [2.45, 2.75) is 17.5 Å². The molecule has 2 aromatic rings. The molecule has 20 heavy (non-hydrogen) atoms. The van der Waals surface area contributed by atoms with Gasteiger partial charge in [-0.05, 0) is 11.1 Å². The zero-order chi connectivity index (χ0) is 14.0. The molecular formula is C18H19NO. The van der Waals surface area contributed by atoms with Crippen LogP contribution in [-0.4, -0.2) is 17.8 Å². The second-order valence-electron chi connectivity index (χ2n) is 5.24. The van der Waals surface area contributed by atoms with Crippen LogP contribution in [0.5, 0.6) is 0 Å². The maximum Gasteiger partial charge on any atom is 0.0720 e. The first-order valence-corrected chi connectivity index (χ1v) is 6.94. The minimum absolute atomic E-state index is 0.0770. The Bertz CT molecular complexity index is 581. The fourth-order valence-corrected chi connectivity index (χ4v) is 3.17. The molecule has 0 spiro atoms. The lowest BCUT2D eigenvalue weighted by atomic mass is 9.78. The summed E-state index contributed by atoms with van der Waals surface area (Å²) in [7, 11) is 0. The van der Waals surface area contributed by atoms with E-state index >= 15 is 0 Å². The van der Waals surface area contributed by atoms with Crippen molar-refractivity contribution in [3.63, 3.8) is 0 Å². The fourth-order valence-electron chi connectivity index (χ4n) is 3.17. The lowest BCUT2D eigenvalue weighted by molar-refractivity contribution is 0.285. The van der Waals surface area contributed by atoms with Crippen LogP contribution >= 0.6 is 0 Å². The molecule has 0 saturated carbocycles. The maximum atomic E-state index is 9.60. The van der Waals surface area contributed by atoms with Gasteiger partial charge in [-0.15, -0.1) is 6.58 Å². The van der Waals surface area contributed by atoms with Gasteiger partial charge in [0.25, 0.3) is 0 Å². The van der Waals surface area contributed by atoms with Gasteiger partial charge in [0.05, 0.1) is 18.2 Å². The van der Waals surface area contributed by atoms with Gasteiger partial charge in [-0.2, -0.15) is 0 Å². The van der Waals surface area contributed by atoms with Crippen LogP contribution in [0.2, 0.25) is 0 Å². The summed E-state index contributed by atoms with van der Waals surface area (Å²) in [4.78, 5) is 0. The Hall–Kier alpha value is -1.90. The Kier molecular flexibility index (Phi) is 3.43. The molecule has 1 heterocycles. The van der Waals surface area contributed by atoms with Crippen LogP contribution in [0.15, 0.2) is 73.3 Å². The van der Waals surface area contributed by atoms with E-state index in [-0.39, 0.29) is 24.1 Å². The second-order valence-corrected chi connectivity index (χ2v) is 5.24. The summed E-state index contributed by atoms with van der Waals surface area (Å²) in [6, 6.07) is 20.7. The van der Waals surface area contributed by atoms with E-state index in [0.29, 0.717) is 0 Å². The molecule has 1 aliphatic heterocycles. The van der Waals surface area contributed by atoms with Crippen LogP contribution in [0, 0.1) is 0 Å². The fraction of sp³-hybridized carbons (Fsp3) is 0.222. The van der Waals surface area contributed by atoms with Crippen molar-refractivity contribution in [1.29, 1.82) is 0 Å². The van der Waals surface area contributed by atoms with Crippen molar-refractivity contribution in [2.75, 3.05) is 6.61 Å². The maximum absolute atomic E-state index is 9.60. The summed E-state index contributed by atoms with van der Waals surface area (Å²) in [6.07, 6.45) is 1.98. The predicted molar refractivity (Wildman–Crippen MR) is 81.5 cm³/mol. The summed E-state index contributed by atoms with van der Waals surface area (Å²) >= 11 is 0. The van der Waals surface area contributed by atoms with Gasteiger partial charge in [0.1, 0.15) is 0 Å². The Labute approximate surface area is 119 Å². The van der Waals surface area contributed by atoms with Crippen molar-refractivity contribution in [3.05, 3.63) is 84.4 Å². The Morgan fingerprint density at radius 1 is 1.10 bits per heavy atom. The average molecular weight is 265 g/mol. The second kappa shape index (κ2) is 5.23. The zero-order valence-electron chi connectivity index (χ0n) is 11.4. The van der Waals surface area contributed by atoms with Gasteiger partial charge in [-0.3, -0.25) is 5.32 Å². The topological polar surface area (TPSA) is 42.2 Å². The molecule has 1 fully saturated rings. The number of aliphatic hydroxyl groups is 1. The van der Waals surface area contributed by atoms with Crippen LogP contribution in [0.25, 0.3) is 0 Å². The number of benzene rings is 2. The van der Waals surface area contributed by atoms with E-state index in [9.17, 15) is 5.11 Å². The quantitative estimate of drug-likeness (QED) is 0.645. The Morgan fingerprint density at radius 2 is 1.70 bits per heavy atom. The molecule has 102 valence electrons. The van der Waals surface area contributed by atoms with E-state index in [1.165, 1.54) is 11.1 Å². The highest BCUT2D eigenvalue weighted by atomic mass is 16.3. The van der Waals surface area contributed by atoms with Gasteiger partial charge < -0.3 is 5.11 Å². The van der Waals surface area contributed by atoms with Gasteiger partial charge in [-0.25, -0.2) is 0 Å². The third-order valence-corrected chi connectivity index (χ3v) is 4.20. The van der Waals surface area contributed by atoms with E-state index in [4.69, 9.17) is 0 Å². The largest absolute Gasteiger partial charge is 0.395 e. The van der Waals surface area contributed by atoms with Gasteiger partial charge in [0.2, 0.25) is 0 Å². The van der Waals surface area contributed by atoms with Crippen molar-refractivity contribution in [1.82, 2.24) is 5.32 Å². The smallest absolute Gasteiger partial charge is 0.0720 e. The Balaban J connectivity index is 2.05. The summed E-state index contributed by atoms with van der Waals surface area (Å²) < 4.78 is 0. The van der Waals surface area contributed by atoms with Crippen molar-refractivity contribution in [3.8, 4) is 0 Å². The first kappa shape index (κ1) is 13.1. The van der Waals surface area contributed by atoms with Crippen molar-refractivity contribution in [2.24, 2.45) is 0 Å². The zero-order valence-corrected chi connectivity index (χ0v) is 11.4. The number of hydrogen-bond acceptors (Lipinski definition) is 2. The van der Waals surface area contributed by atoms with Gasteiger partial charge in [-0.1, -0.05) is 66.7 Å². The summed E-state index contributed by atoms with van der Waals surface area (Å²) in [5, 5.41) is 13.1. The summed E-state index contributed by atoms with van der Waals surface area (Å²) in [6.45, 7) is 4.15. The normalized spacial score (nSPS) is 25.9. The van der Waals surface area contributed by atoms with Crippen LogP contribution in [0.1, 0.15) is 17.0 Å². The molecule has 3 rings (SSSR count). The molecule has 1 saturated heterocycles. The molecule has 0 aromatic heterocycles. The first-order valence-electron chi connectivity index (χ1n) is 6.94. The lowest BCUT2D eigenvalue weighted by Crippen LogP contribution is -2.24. The lowest BCUT2D eigenvalue weighted by Gasteiger charge is -2.25. The molecule has 2 heteroatoms.